The fraction of sp³-hybridized carbons (Fsp3) is 0.467. The maximum atomic E-state index is 9.93. The molecule has 2 aromatic rings. The van der Waals surface area contributed by atoms with E-state index in [1.54, 1.807) is 7.11 Å². The second kappa shape index (κ2) is 4.65. The summed E-state index contributed by atoms with van der Waals surface area (Å²) in [6.07, 6.45) is 6.12. The van der Waals surface area contributed by atoms with Gasteiger partial charge in [-0.05, 0) is 36.8 Å². The van der Waals surface area contributed by atoms with E-state index in [2.05, 4.69) is 17.2 Å². The molecule has 96 valence electrons. The van der Waals surface area contributed by atoms with Gasteiger partial charge in [0.15, 0.2) is 0 Å². The molecule has 0 radical (unpaired) electrons. The minimum absolute atomic E-state index is 0.124. The van der Waals surface area contributed by atoms with Crippen LogP contribution in [-0.4, -0.2) is 23.3 Å². The number of ether oxygens (including phenoxy) is 1. The van der Waals surface area contributed by atoms with Crippen LogP contribution >= 0.6 is 0 Å². The van der Waals surface area contributed by atoms with Crippen LogP contribution in [-0.2, 0) is 6.42 Å². The molecule has 2 N–H and O–H groups in total. The summed E-state index contributed by atoms with van der Waals surface area (Å²) in [4.78, 5) is 3.29. The normalized spacial score (nSPS) is 23.7. The van der Waals surface area contributed by atoms with Crippen LogP contribution in [0.2, 0.25) is 0 Å². The van der Waals surface area contributed by atoms with E-state index in [1.807, 2.05) is 12.1 Å². The smallest absolute Gasteiger partial charge is 0.142 e. The molecule has 0 saturated heterocycles. The van der Waals surface area contributed by atoms with E-state index in [1.165, 1.54) is 10.9 Å². The average molecular weight is 245 g/mol. The van der Waals surface area contributed by atoms with Crippen molar-refractivity contribution in [1.82, 2.24) is 4.98 Å². The molecular formula is C15H19NO2. The Labute approximate surface area is 107 Å². The number of aliphatic hydroxyl groups excluding tert-OH is 1. The zero-order valence-corrected chi connectivity index (χ0v) is 10.6. The van der Waals surface area contributed by atoms with Gasteiger partial charge in [0.25, 0.3) is 0 Å². The van der Waals surface area contributed by atoms with E-state index < -0.39 is 0 Å². The van der Waals surface area contributed by atoms with Gasteiger partial charge in [0.2, 0.25) is 0 Å². The Kier molecular flexibility index (Phi) is 3.00. The van der Waals surface area contributed by atoms with Crippen LogP contribution in [0, 0.1) is 5.92 Å². The first kappa shape index (κ1) is 11.6. The summed E-state index contributed by atoms with van der Waals surface area (Å²) in [6, 6.07) is 6.10. The highest BCUT2D eigenvalue weighted by Crippen LogP contribution is 2.33. The fourth-order valence-electron chi connectivity index (χ4n) is 3.06. The molecule has 0 bridgehead atoms. The number of hydrogen-bond acceptors (Lipinski definition) is 2. The van der Waals surface area contributed by atoms with Crippen LogP contribution < -0.4 is 4.74 Å². The molecule has 1 aromatic carbocycles. The van der Waals surface area contributed by atoms with Gasteiger partial charge in [0.05, 0.1) is 18.7 Å². The highest BCUT2D eigenvalue weighted by Gasteiger charge is 2.26. The highest BCUT2D eigenvalue weighted by molar-refractivity contribution is 5.88. The van der Waals surface area contributed by atoms with Crippen LogP contribution in [0.5, 0.6) is 5.75 Å². The first-order chi connectivity index (χ1) is 8.79. The molecule has 18 heavy (non-hydrogen) atoms. The van der Waals surface area contributed by atoms with E-state index in [9.17, 15) is 5.11 Å². The number of methoxy groups -OCH3 is 1. The van der Waals surface area contributed by atoms with Crippen LogP contribution in [0.1, 0.15) is 24.8 Å². The summed E-state index contributed by atoms with van der Waals surface area (Å²) in [6.45, 7) is 0. The van der Waals surface area contributed by atoms with E-state index in [-0.39, 0.29) is 6.10 Å². The summed E-state index contributed by atoms with van der Waals surface area (Å²) < 4.78 is 5.35. The molecule has 1 aromatic heterocycles. The number of aliphatic hydroxyl groups is 1. The minimum atomic E-state index is -0.124. The number of aromatic amines is 1. The van der Waals surface area contributed by atoms with Gasteiger partial charge < -0.3 is 14.8 Å². The van der Waals surface area contributed by atoms with Gasteiger partial charge >= 0.3 is 0 Å². The molecule has 2 atom stereocenters. The molecule has 1 fully saturated rings. The summed E-state index contributed by atoms with van der Waals surface area (Å²) in [7, 11) is 1.69. The van der Waals surface area contributed by atoms with Crippen molar-refractivity contribution in [1.29, 1.82) is 0 Å². The molecule has 1 heterocycles. The van der Waals surface area contributed by atoms with E-state index in [0.717, 1.165) is 36.9 Å². The maximum Gasteiger partial charge on any atom is 0.142 e. The van der Waals surface area contributed by atoms with Crippen molar-refractivity contribution in [3.8, 4) is 5.75 Å². The standard InChI is InChI=1S/C15H19NO2/c1-18-14-7-3-5-12-11(9-16-15(12)14)8-10-4-2-6-13(10)17/h3,5,7,9-10,13,16-17H,2,4,6,8H2,1H3. The second-order valence-corrected chi connectivity index (χ2v) is 5.16. The quantitative estimate of drug-likeness (QED) is 0.873. The van der Waals surface area contributed by atoms with Crippen LogP contribution in [0.4, 0.5) is 0 Å². The lowest BCUT2D eigenvalue weighted by Gasteiger charge is -2.13. The number of benzene rings is 1. The molecule has 2 unspecified atom stereocenters. The van der Waals surface area contributed by atoms with Crippen molar-refractivity contribution in [2.24, 2.45) is 5.92 Å². The maximum absolute atomic E-state index is 9.93. The van der Waals surface area contributed by atoms with Gasteiger partial charge in [-0.25, -0.2) is 0 Å². The molecule has 3 nitrogen and oxygen atoms in total. The van der Waals surface area contributed by atoms with Crippen molar-refractivity contribution in [3.05, 3.63) is 30.0 Å². The van der Waals surface area contributed by atoms with Gasteiger partial charge in [-0.2, -0.15) is 0 Å². The van der Waals surface area contributed by atoms with Crippen molar-refractivity contribution < 1.29 is 9.84 Å². The Hall–Kier alpha value is -1.48. The van der Waals surface area contributed by atoms with Crippen molar-refractivity contribution >= 4 is 10.9 Å². The average Bonchev–Trinajstić information content (AvgIpc) is 2.97. The van der Waals surface area contributed by atoms with Gasteiger partial charge in [0, 0.05) is 11.6 Å². The second-order valence-electron chi connectivity index (χ2n) is 5.16. The highest BCUT2D eigenvalue weighted by atomic mass is 16.5. The minimum Gasteiger partial charge on any atom is -0.495 e. The topological polar surface area (TPSA) is 45.2 Å². The van der Waals surface area contributed by atoms with Crippen molar-refractivity contribution in [3.63, 3.8) is 0 Å². The Balaban J connectivity index is 1.93. The SMILES string of the molecule is COc1cccc2c(CC3CCCC3O)c[nH]c12. The number of nitrogens with one attached hydrogen (secondary N) is 1. The number of rotatable bonds is 3. The number of para-hydroxylation sites is 1. The number of fused-ring (bicyclic) bond motifs is 1. The Morgan fingerprint density at radius 2 is 2.28 bits per heavy atom. The zero-order valence-electron chi connectivity index (χ0n) is 10.6. The van der Waals surface area contributed by atoms with E-state index in [0.29, 0.717) is 5.92 Å². The van der Waals surface area contributed by atoms with Gasteiger partial charge in [-0.15, -0.1) is 0 Å². The summed E-state index contributed by atoms with van der Waals surface area (Å²) in [5.41, 5.74) is 2.34. The summed E-state index contributed by atoms with van der Waals surface area (Å²) in [5, 5.41) is 11.1. The van der Waals surface area contributed by atoms with Crippen LogP contribution in [0.25, 0.3) is 10.9 Å². The zero-order chi connectivity index (χ0) is 12.5. The molecule has 3 heteroatoms. The molecule has 3 rings (SSSR count). The lowest BCUT2D eigenvalue weighted by atomic mass is 9.96. The Morgan fingerprint density at radius 3 is 3.00 bits per heavy atom. The monoisotopic (exact) mass is 245 g/mol. The number of H-pyrrole nitrogens is 1. The number of aromatic nitrogens is 1. The Bertz CT molecular complexity index is 546. The van der Waals surface area contributed by atoms with Crippen molar-refractivity contribution in [2.75, 3.05) is 7.11 Å². The van der Waals surface area contributed by atoms with Crippen LogP contribution in [0.15, 0.2) is 24.4 Å². The predicted molar refractivity (Wildman–Crippen MR) is 71.9 cm³/mol. The van der Waals surface area contributed by atoms with Crippen LogP contribution in [0.3, 0.4) is 0 Å². The molecule has 1 aliphatic carbocycles. The first-order valence-electron chi connectivity index (χ1n) is 6.60. The van der Waals surface area contributed by atoms with Crippen molar-refractivity contribution in [2.45, 2.75) is 31.8 Å². The first-order valence-corrected chi connectivity index (χ1v) is 6.60. The third-order valence-corrected chi connectivity index (χ3v) is 4.08. The molecule has 1 saturated carbocycles. The van der Waals surface area contributed by atoms with Gasteiger partial charge in [-0.1, -0.05) is 18.6 Å². The third-order valence-electron chi connectivity index (χ3n) is 4.08. The largest absolute Gasteiger partial charge is 0.495 e. The summed E-state index contributed by atoms with van der Waals surface area (Å²) in [5.74, 6) is 1.29. The molecule has 0 spiro atoms. The predicted octanol–water partition coefficient (Wildman–Crippen LogP) is 2.88. The molecule has 0 aliphatic heterocycles. The van der Waals surface area contributed by atoms with Gasteiger partial charge in [-0.3, -0.25) is 0 Å². The van der Waals surface area contributed by atoms with E-state index >= 15 is 0 Å². The third kappa shape index (κ3) is 1.89. The van der Waals surface area contributed by atoms with Gasteiger partial charge in [0.1, 0.15) is 5.75 Å². The summed E-state index contributed by atoms with van der Waals surface area (Å²) >= 11 is 0. The lowest BCUT2D eigenvalue weighted by Crippen LogP contribution is -2.15. The number of hydrogen-bond donors (Lipinski definition) is 2. The molecule has 0 amide bonds. The fourth-order valence-corrected chi connectivity index (χ4v) is 3.06. The lowest BCUT2D eigenvalue weighted by molar-refractivity contribution is 0.133. The molecule has 1 aliphatic rings. The van der Waals surface area contributed by atoms with E-state index in [4.69, 9.17) is 4.74 Å². The molecular weight excluding hydrogens is 226 g/mol. The Morgan fingerprint density at radius 1 is 1.39 bits per heavy atom.